The summed E-state index contributed by atoms with van der Waals surface area (Å²) >= 11 is 0. The number of β-amino-alcohol motifs (C(OH)–C–C–N with tert-alkyl or cyclic N) is 1. The topological polar surface area (TPSA) is 45.2 Å². The SMILES string of the molecule is COc1ccc(CC(c2ccc(C)cc2)N2CCN(CCO)CC2)cc1OC.Cl.Cl. The van der Waals surface area contributed by atoms with Crippen LogP contribution >= 0.6 is 24.8 Å². The van der Waals surface area contributed by atoms with Crippen LogP contribution in [-0.4, -0.2) is 68.5 Å². The van der Waals surface area contributed by atoms with E-state index in [4.69, 9.17) is 9.47 Å². The van der Waals surface area contributed by atoms with Crippen LogP contribution < -0.4 is 9.47 Å². The van der Waals surface area contributed by atoms with Crippen molar-refractivity contribution < 1.29 is 14.6 Å². The molecule has 168 valence electrons. The van der Waals surface area contributed by atoms with Crippen molar-refractivity contribution in [2.45, 2.75) is 19.4 Å². The Balaban J connectivity index is 0.00000225. The van der Waals surface area contributed by atoms with Gasteiger partial charge in [0.25, 0.3) is 0 Å². The summed E-state index contributed by atoms with van der Waals surface area (Å²) in [6.45, 7) is 7.12. The maximum absolute atomic E-state index is 9.21. The minimum Gasteiger partial charge on any atom is -0.493 e. The molecular weight excluding hydrogens is 423 g/mol. The summed E-state index contributed by atoms with van der Waals surface area (Å²) in [5.74, 6) is 1.53. The first-order chi connectivity index (χ1) is 13.6. The summed E-state index contributed by atoms with van der Waals surface area (Å²) < 4.78 is 10.9. The molecule has 1 atom stereocenters. The number of nitrogens with zero attached hydrogens (tertiary/aromatic N) is 2. The molecule has 30 heavy (non-hydrogen) atoms. The third-order valence-corrected chi connectivity index (χ3v) is 5.60. The molecule has 0 aliphatic carbocycles. The summed E-state index contributed by atoms with van der Waals surface area (Å²) in [5.41, 5.74) is 3.86. The molecule has 1 N–H and O–H groups in total. The molecule has 0 spiro atoms. The lowest BCUT2D eigenvalue weighted by molar-refractivity contribution is 0.0831. The van der Waals surface area contributed by atoms with E-state index in [0.29, 0.717) is 6.04 Å². The first-order valence-electron chi connectivity index (χ1n) is 9.99. The molecule has 0 bridgehead atoms. The monoisotopic (exact) mass is 456 g/mol. The predicted octanol–water partition coefficient (Wildman–Crippen LogP) is 3.75. The third kappa shape index (κ3) is 6.76. The van der Waals surface area contributed by atoms with Gasteiger partial charge in [-0.15, -0.1) is 24.8 Å². The Kier molecular flexibility index (Phi) is 11.5. The third-order valence-electron chi connectivity index (χ3n) is 5.60. The summed E-state index contributed by atoms with van der Waals surface area (Å²) in [6, 6.07) is 15.4. The maximum atomic E-state index is 9.21. The Hall–Kier alpha value is -1.50. The number of halogens is 2. The van der Waals surface area contributed by atoms with Crippen molar-refractivity contribution in [2.24, 2.45) is 0 Å². The summed E-state index contributed by atoms with van der Waals surface area (Å²) in [7, 11) is 3.35. The van der Waals surface area contributed by atoms with E-state index in [1.54, 1.807) is 14.2 Å². The number of methoxy groups -OCH3 is 2. The molecular formula is C23H34Cl2N2O3. The fraction of sp³-hybridized carbons (Fsp3) is 0.478. The van der Waals surface area contributed by atoms with Crippen molar-refractivity contribution in [1.82, 2.24) is 9.80 Å². The van der Waals surface area contributed by atoms with Gasteiger partial charge in [0.2, 0.25) is 0 Å². The summed E-state index contributed by atoms with van der Waals surface area (Å²) in [6.07, 6.45) is 0.920. The van der Waals surface area contributed by atoms with E-state index in [1.165, 1.54) is 16.7 Å². The van der Waals surface area contributed by atoms with E-state index in [-0.39, 0.29) is 31.4 Å². The number of aliphatic hydroxyl groups excluding tert-OH is 1. The fourth-order valence-electron chi connectivity index (χ4n) is 3.92. The Labute approximate surface area is 192 Å². The van der Waals surface area contributed by atoms with E-state index in [2.05, 4.69) is 53.1 Å². The van der Waals surface area contributed by atoms with Gasteiger partial charge in [-0.3, -0.25) is 9.80 Å². The average Bonchev–Trinajstić information content (AvgIpc) is 2.73. The van der Waals surface area contributed by atoms with Crippen LogP contribution in [0.4, 0.5) is 0 Å². The molecule has 1 aliphatic heterocycles. The zero-order valence-electron chi connectivity index (χ0n) is 18.0. The molecule has 0 amide bonds. The van der Waals surface area contributed by atoms with Crippen LogP contribution in [0.2, 0.25) is 0 Å². The minimum atomic E-state index is 0. The molecule has 0 aromatic heterocycles. The highest BCUT2D eigenvalue weighted by Gasteiger charge is 2.25. The number of hydrogen-bond donors (Lipinski definition) is 1. The lowest BCUT2D eigenvalue weighted by atomic mass is 9.95. The minimum absolute atomic E-state index is 0. The Morgan fingerprint density at radius 1 is 0.900 bits per heavy atom. The number of aryl methyl sites for hydroxylation is 1. The van der Waals surface area contributed by atoms with Crippen LogP contribution in [0.3, 0.4) is 0 Å². The second-order valence-corrected chi connectivity index (χ2v) is 7.42. The van der Waals surface area contributed by atoms with E-state index in [9.17, 15) is 5.11 Å². The number of hydrogen-bond acceptors (Lipinski definition) is 5. The average molecular weight is 457 g/mol. The van der Waals surface area contributed by atoms with Gasteiger partial charge in [0.15, 0.2) is 11.5 Å². The zero-order chi connectivity index (χ0) is 19.9. The number of piperazine rings is 1. The first kappa shape index (κ1) is 26.5. The van der Waals surface area contributed by atoms with Gasteiger partial charge in [-0.1, -0.05) is 35.9 Å². The Bertz CT molecular complexity index is 751. The molecule has 0 saturated carbocycles. The number of benzene rings is 2. The lowest BCUT2D eigenvalue weighted by Gasteiger charge is -2.39. The van der Waals surface area contributed by atoms with Crippen LogP contribution in [0, 0.1) is 6.92 Å². The van der Waals surface area contributed by atoms with Gasteiger partial charge < -0.3 is 14.6 Å². The van der Waals surface area contributed by atoms with Crippen LogP contribution in [-0.2, 0) is 6.42 Å². The van der Waals surface area contributed by atoms with Gasteiger partial charge >= 0.3 is 0 Å². The fourth-order valence-corrected chi connectivity index (χ4v) is 3.92. The number of ether oxygens (including phenoxy) is 2. The largest absolute Gasteiger partial charge is 0.493 e. The second-order valence-electron chi connectivity index (χ2n) is 7.42. The van der Waals surface area contributed by atoms with Crippen LogP contribution in [0.25, 0.3) is 0 Å². The first-order valence-corrected chi connectivity index (χ1v) is 9.99. The second kappa shape index (κ2) is 13.0. The quantitative estimate of drug-likeness (QED) is 0.654. The zero-order valence-corrected chi connectivity index (χ0v) is 19.7. The molecule has 2 aromatic rings. The molecule has 1 unspecified atom stereocenters. The highest BCUT2D eigenvalue weighted by atomic mass is 35.5. The van der Waals surface area contributed by atoms with Gasteiger partial charge in [0.05, 0.1) is 20.8 Å². The van der Waals surface area contributed by atoms with E-state index in [1.807, 2.05) is 6.07 Å². The predicted molar refractivity (Wildman–Crippen MR) is 127 cm³/mol. The molecule has 3 rings (SSSR count). The van der Waals surface area contributed by atoms with Crippen molar-refractivity contribution in [2.75, 3.05) is 53.6 Å². The van der Waals surface area contributed by atoms with Gasteiger partial charge in [-0.25, -0.2) is 0 Å². The normalized spacial score (nSPS) is 15.6. The molecule has 2 aromatic carbocycles. The summed E-state index contributed by atoms with van der Waals surface area (Å²) in [4.78, 5) is 4.90. The molecule has 1 aliphatic rings. The molecule has 1 heterocycles. The van der Waals surface area contributed by atoms with Crippen molar-refractivity contribution >= 4 is 24.8 Å². The van der Waals surface area contributed by atoms with Crippen molar-refractivity contribution in [3.8, 4) is 11.5 Å². The molecule has 1 fully saturated rings. The smallest absolute Gasteiger partial charge is 0.160 e. The van der Waals surface area contributed by atoms with Gasteiger partial charge in [0, 0.05) is 38.8 Å². The van der Waals surface area contributed by atoms with Gasteiger partial charge in [0.1, 0.15) is 0 Å². The molecule has 5 nitrogen and oxygen atoms in total. The van der Waals surface area contributed by atoms with E-state index >= 15 is 0 Å². The highest BCUT2D eigenvalue weighted by molar-refractivity contribution is 5.85. The molecule has 1 saturated heterocycles. The Morgan fingerprint density at radius 2 is 1.53 bits per heavy atom. The van der Waals surface area contributed by atoms with Crippen molar-refractivity contribution in [3.63, 3.8) is 0 Å². The summed E-state index contributed by atoms with van der Waals surface area (Å²) in [5, 5.41) is 9.21. The van der Waals surface area contributed by atoms with Gasteiger partial charge in [-0.05, 0) is 36.6 Å². The standard InChI is InChI=1S/C23H32N2O3.2ClH/c1-18-4-7-20(8-5-18)21(25-12-10-24(11-13-25)14-15-26)16-19-6-9-22(27-2)23(17-19)28-3;;/h4-9,17,21,26H,10-16H2,1-3H3;2*1H. The van der Waals surface area contributed by atoms with Crippen LogP contribution in [0.1, 0.15) is 22.7 Å². The lowest BCUT2D eigenvalue weighted by Crippen LogP contribution is -2.48. The molecule has 0 radical (unpaired) electrons. The molecule has 7 heteroatoms. The number of rotatable bonds is 8. The van der Waals surface area contributed by atoms with E-state index < -0.39 is 0 Å². The van der Waals surface area contributed by atoms with E-state index in [0.717, 1.165) is 50.6 Å². The van der Waals surface area contributed by atoms with Crippen molar-refractivity contribution in [1.29, 1.82) is 0 Å². The van der Waals surface area contributed by atoms with Gasteiger partial charge in [-0.2, -0.15) is 0 Å². The van der Waals surface area contributed by atoms with Crippen LogP contribution in [0.5, 0.6) is 11.5 Å². The van der Waals surface area contributed by atoms with Crippen molar-refractivity contribution in [3.05, 3.63) is 59.2 Å². The van der Waals surface area contributed by atoms with Crippen LogP contribution in [0.15, 0.2) is 42.5 Å². The Morgan fingerprint density at radius 3 is 2.10 bits per heavy atom. The maximum Gasteiger partial charge on any atom is 0.160 e. The highest BCUT2D eigenvalue weighted by Crippen LogP contribution is 2.32. The number of aliphatic hydroxyl groups is 1.